The largest absolute Gasteiger partial charge is 0.302 e. The van der Waals surface area contributed by atoms with Crippen LogP contribution in [0.2, 0.25) is 0 Å². The predicted octanol–water partition coefficient (Wildman–Crippen LogP) is 3.95. The molecule has 0 radical (unpaired) electrons. The van der Waals surface area contributed by atoms with Crippen molar-refractivity contribution < 1.29 is 0 Å². The van der Waals surface area contributed by atoms with Gasteiger partial charge in [0.05, 0.1) is 0 Å². The Morgan fingerprint density at radius 3 is 2.12 bits per heavy atom. The van der Waals surface area contributed by atoms with Crippen LogP contribution in [-0.2, 0) is 0 Å². The Hall–Kier alpha value is 0.230. The molecule has 3 heterocycles. The molecule has 0 aromatic heterocycles. The van der Waals surface area contributed by atoms with E-state index in [0.717, 1.165) is 17.4 Å². The van der Waals surface area contributed by atoms with E-state index in [-0.39, 0.29) is 0 Å². The van der Waals surface area contributed by atoms with Crippen LogP contribution in [-0.4, -0.2) is 72.2 Å². The molecule has 1 saturated carbocycles. The van der Waals surface area contributed by atoms with Crippen LogP contribution in [0.5, 0.6) is 0 Å². The van der Waals surface area contributed by atoms with Crippen LogP contribution in [0.1, 0.15) is 58.8 Å². The van der Waals surface area contributed by atoms with Crippen LogP contribution in [0.15, 0.2) is 0 Å². The lowest BCUT2D eigenvalue weighted by Crippen LogP contribution is -2.62. The van der Waals surface area contributed by atoms with E-state index in [1.165, 1.54) is 90.8 Å². The molecule has 4 rings (SSSR count). The smallest absolute Gasteiger partial charge is 0.0120 e. The summed E-state index contributed by atoms with van der Waals surface area (Å²) in [6.07, 6.45) is 12.4. The maximum absolute atomic E-state index is 2.84. The summed E-state index contributed by atoms with van der Waals surface area (Å²) in [6.45, 7) is 14.3. The summed E-state index contributed by atoms with van der Waals surface area (Å²) in [6, 6.07) is 0.873. The number of hydrogen-bond donors (Lipinski definition) is 0. The van der Waals surface area contributed by atoms with Gasteiger partial charge in [-0.2, -0.15) is 0 Å². The highest BCUT2D eigenvalue weighted by molar-refractivity contribution is 7.96. The first kappa shape index (κ1) is 18.6. The first-order valence-corrected chi connectivity index (χ1v) is 12.0. The number of rotatable bonds is 6. The van der Waals surface area contributed by atoms with Gasteiger partial charge in [0.15, 0.2) is 0 Å². The molecule has 25 heavy (non-hydrogen) atoms. The van der Waals surface area contributed by atoms with Crippen molar-refractivity contribution in [3.63, 3.8) is 0 Å². The molecule has 1 spiro atoms. The van der Waals surface area contributed by atoms with Crippen LogP contribution in [0.3, 0.4) is 0 Å². The van der Waals surface area contributed by atoms with Crippen LogP contribution >= 0.6 is 11.9 Å². The standard InChI is InChI=1S/C21H39N3S/c1-18(2)14-20(6-7-20)15-22-16-21(17-22)8-12-23(13-9-21)19-4-10-24(25-3)11-5-19/h18-19H,4-17H2,1-3H3. The summed E-state index contributed by atoms with van der Waals surface area (Å²) in [4.78, 5) is 5.65. The Morgan fingerprint density at radius 2 is 1.60 bits per heavy atom. The second-order valence-corrected chi connectivity index (χ2v) is 11.0. The molecule has 3 saturated heterocycles. The molecular weight excluding hydrogens is 326 g/mol. The van der Waals surface area contributed by atoms with Crippen molar-refractivity contribution in [2.75, 3.05) is 52.1 Å². The van der Waals surface area contributed by atoms with Gasteiger partial charge in [-0.25, -0.2) is 0 Å². The van der Waals surface area contributed by atoms with Gasteiger partial charge < -0.3 is 9.80 Å². The van der Waals surface area contributed by atoms with Crippen molar-refractivity contribution in [3.8, 4) is 0 Å². The van der Waals surface area contributed by atoms with E-state index in [0.29, 0.717) is 5.41 Å². The lowest BCUT2D eigenvalue weighted by Gasteiger charge is -2.56. The van der Waals surface area contributed by atoms with Crippen molar-refractivity contribution in [1.82, 2.24) is 14.1 Å². The zero-order valence-corrected chi connectivity index (χ0v) is 17.6. The van der Waals surface area contributed by atoms with E-state index in [4.69, 9.17) is 0 Å². The molecule has 0 aromatic carbocycles. The van der Waals surface area contributed by atoms with E-state index in [9.17, 15) is 0 Å². The Kier molecular flexibility index (Phi) is 5.45. The molecule has 4 heteroatoms. The van der Waals surface area contributed by atoms with E-state index >= 15 is 0 Å². The highest BCUT2D eigenvalue weighted by Gasteiger charge is 2.50. The molecule has 0 atom stereocenters. The van der Waals surface area contributed by atoms with Crippen molar-refractivity contribution in [1.29, 1.82) is 0 Å². The van der Waals surface area contributed by atoms with Gasteiger partial charge in [0, 0.05) is 38.8 Å². The molecule has 0 bridgehead atoms. The second-order valence-electron chi connectivity index (χ2n) is 10.1. The Balaban J connectivity index is 1.19. The zero-order chi connectivity index (χ0) is 17.5. The van der Waals surface area contributed by atoms with Crippen molar-refractivity contribution in [2.24, 2.45) is 16.7 Å². The fraction of sp³-hybridized carbons (Fsp3) is 1.00. The third kappa shape index (κ3) is 4.23. The molecule has 0 amide bonds. The Labute approximate surface area is 160 Å². The minimum atomic E-state index is 0.699. The Morgan fingerprint density at radius 1 is 0.960 bits per heavy atom. The fourth-order valence-electron chi connectivity index (χ4n) is 6.03. The predicted molar refractivity (Wildman–Crippen MR) is 109 cm³/mol. The van der Waals surface area contributed by atoms with E-state index < -0.39 is 0 Å². The second kappa shape index (κ2) is 7.33. The van der Waals surface area contributed by atoms with Gasteiger partial charge in [-0.3, -0.25) is 4.31 Å². The van der Waals surface area contributed by atoms with Crippen molar-refractivity contribution >= 4 is 11.9 Å². The van der Waals surface area contributed by atoms with Crippen LogP contribution in [0.25, 0.3) is 0 Å². The SMILES string of the molecule is CSN1CCC(N2CCC3(CC2)CN(CC2(CC(C)C)CC2)C3)CC1. The van der Waals surface area contributed by atoms with Crippen LogP contribution in [0.4, 0.5) is 0 Å². The van der Waals surface area contributed by atoms with Crippen molar-refractivity contribution in [3.05, 3.63) is 0 Å². The van der Waals surface area contributed by atoms with Crippen LogP contribution < -0.4 is 0 Å². The van der Waals surface area contributed by atoms with E-state index in [1.54, 1.807) is 0 Å². The highest BCUT2D eigenvalue weighted by atomic mass is 32.2. The minimum absolute atomic E-state index is 0.699. The van der Waals surface area contributed by atoms with E-state index in [2.05, 4.69) is 34.2 Å². The van der Waals surface area contributed by atoms with Gasteiger partial charge in [0.2, 0.25) is 0 Å². The minimum Gasteiger partial charge on any atom is -0.302 e. The number of piperidine rings is 2. The average Bonchev–Trinajstić information content (AvgIpc) is 3.32. The third-order valence-corrected chi connectivity index (χ3v) is 8.41. The fourth-order valence-corrected chi connectivity index (χ4v) is 6.60. The monoisotopic (exact) mass is 365 g/mol. The molecular formula is C21H39N3S. The van der Waals surface area contributed by atoms with E-state index in [1.807, 2.05) is 11.9 Å². The molecule has 3 nitrogen and oxygen atoms in total. The summed E-state index contributed by atoms with van der Waals surface area (Å²) >= 11 is 1.93. The summed E-state index contributed by atoms with van der Waals surface area (Å²) in [5, 5.41) is 0. The molecule has 4 fully saturated rings. The molecule has 1 aliphatic carbocycles. The van der Waals surface area contributed by atoms with Gasteiger partial charge in [-0.05, 0) is 81.0 Å². The van der Waals surface area contributed by atoms with Gasteiger partial charge in [-0.1, -0.05) is 25.8 Å². The molecule has 0 aromatic rings. The van der Waals surface area contributed by atoms with Gasteiger partial charge >= 0.3 is 0 Å². The van der Waals surface area contributed by atoms with Crippen LogP contribution in [0, 0.1) is 16.7 Å². The average molecular weight is 366 g/mol. The lowest BCUT2D eigenvalue weighted by molar-refractivity contribution is -0.0656. The third-order valence-electron chi connectivity index (χ3n) is 7.53. The zero-order valence-electron chi connectivity index (χ0n) is 16.8. The maximum Gasteiger partial charge on any atom is 0.0120 e. The summed E-state index contributed by atoms with van der Waals surface area (Å²) in [7, 11) is 0. The molecule has 4 aliphatic rings. The summed E-state index contributed by atoms with van der Waals surface area (Å²) in [5.41, 5.74) is 1.42. The van der Waals surface area contributed by atoms with Gasteiger partial charge in [0.1, 0.15) is 0 Å². The summed E-state index contributed by atoms with van der Waals surface area (Å²) < 4.78 is 2.54. The molecule has 0 unspecified atom stereocenters. The van der Waals surface area contributed by atoms with Gasteiger partial charge in [-0.15, -0.1) is 0 Å². The molecule has 144 valence electrons. The normalized spacial score (nSPS) is 30.7. The number of likely N-dealkylation sites (tertiary alicyclic amines) is 2. The Bertz CT molecular complexity index is 438. The quantitative estimate of drug-likeness (QED) is 0.659. The molecule has 0 N–H and O–H groups in total. The highest BCUT2D eigenvalue weighted by Crippen LogP contribution is 2.53. The number of hydrogen-bond acceptors (Lipinski definition) is 4. The lowest BCUT2D eigenvalue weighted by atomic mass is 9.71. The van der Waals surface area contributed by atoms with Gasteiger partial charge in [0.25, 0.3) is 0 Å². The summed E-state index contributed by atoms with van der Waals surface area (Å²) in [5.74, 6) is 0.874. The number of nitrogens with zero attached hydrogens (tertiary/aromatic N) is 3. The first-order valence-electron chi connectivity index (χ1n) is 10.8. The topological polar surface area (TPSA) is 9.72 Å². The van der Waals surface area contributed by atoms with Crippen molar-refractivity contribution in [2.45, 2.75) is 64.8 Å². The first-order chi connectivity index (χ1) is 12.0. The maximum atomic E-state index is 2.84. The molecule has 3 aliphatic heterocycles.